The predicted molar refractivity (Wildman–Crippen MR) is 80.6 cm³/mol. The summed E-state index contributed by atoms with van der Waals surface area (Å²) >= 11 is 6.07. The third kappa shape index (κ3) is 2.91. The first-order valence-electron chi connectivity index (χ1n) is 6.86. The van der Waals surface area contributed by atoms with Gasteiger partial charge in [-0.25, -0.2) is 13.4 Å². The van der Waals surface area contributed by atoms with Gasteiger partial charge in [-0.05, 0) is 38.2 Å². The molecule has 114 valence electrons. The number of aryl methyl sites for hydroxylation is 1. The van der Waals surface area contributed by atoms with E-state index in [1.165, 1.54) is 4.31 Å². The topological polar surface area (TPSA) is 74.1 Å². The molecule has 1 aliphatic rings. The molecule has 2 rings (SSSR count). The van der Waals surface area contributed by atoms with E-state index in [1.54, 1.807) is 13.8 Å². The third-order valence-corrected chi connectivity index (χ3v) is 6.33. The molecule has 0 aliphatic carbocycles. The van der Waals surface area contributed by atoms with E-state index in [2.05, 4.69) is 11.9 Å². The Morgan fingerprint density at radius 1 is 1.33 bits per heavy atom. The van der Waals surface area contributed by atoms with E-state index in [4.69, 9.17) is 11.6 Å². The van der Waals surface area contributed by atoms with Gasteiger partial charge in [0.25, 0.3) is 10.0 Å². The summed E-state index contributed by atoms with van der Waals surface area (Å²) in [5.41, 5.74) is 0.942. The highest BCUT2D eigenvalue weighted by molar-refractivity contribution is 7.89. The second-order valence-electron chi connectivity index (χ2n) is 5.51. The Morgan fingerprint density at radius 3 is 2.43 bits per heavy atom. The van der Waals surface area contributed by atoms with Crippen LogP contribution in [0.4, 0.5) is 0 Å². The van der Waals surface area contributed by atoms with Crippen LogP contribution >= 0.6 is 11.6 Å². The molecule has 1 aliphatic heterocycles. The van der Waals surface area contributed by atoms with Crippen molar-refractivity contribution < 1.29 is 8.42 Å². The van der Waals surface area contributed by atoms with Crippen LogP contribution in [-0.2, 0) is 10.0 Å². The van der Waals surface area contributed by atoms with Crippen LogP contribution in [0.25, 0.3) is 0 Å². The molecular formula is C14H18ClN3O2S. The number of pyridine rings is 1. The molecule has 7 heteroatoms. The van der Waals surface area contributed by atoms with Crippen LogP contribution in [0.2, 0.25) is 5.02 Å². The molecule has 0 aromatic carbocycles. The maximum absolute atomic E-state index is 12.8. The smallest absolute Gasteiger partial charge is 0.237 e. The Bertz CT molecular complexity index is 702. The summed E-state index contributed by atoms with van der Waals surface area (Å²) in [4.78, 5) is 4.09. The summed E-state index contributed by atoms with van der Waals surface area (Å²) < 4.78 is 26.9. The molecule has 0 bridgehead atoms. The standard InChI is InChI=1S/C14H18ClN3O2S/c1-9-4-6-18(7-5-9)21(19,20)14-12(8-16)10(2)13(15)11(3)17-14/h9H,4-7H2,1-3H3. The van der Waals surface area contributed by atoms with Crippen molar-refractivity contribution in [2.24, 2.45) is 5.92 Å². The molecular weight excluding hydrogens is 310 g/mol. The van der Waals surface area contributed by atoms with E-state index in [-0.39, 0.29) is 10.6 Å². The number of hydrogen-bond donors (Lipinski definition) is 0. The van der Waals surface area contributed by atoms with Gasteiger partial charge in [-0.2, -0.15) is 9.57 Å². The second kappa shape index (κ2) is 5.91. The molecule has 0 radical (unpaired) electrons. The van der Waals surface area contributed by atoms with E-state index in [1.807, 2.05) is 6.07 Å². The number of rotatable bonds is 2. The Kier molecular flexibility index (Phi) is 4.57. The van der Waals surface area contributed by atoms with Crippen molar-refractivity contribution >= 4 is 21.6 Å². The van der Waals surface area contributed by atoms with Gasteiger partial charge in [-0.3, -0.25) is 0 Å². The summed E-state index contributed by atoms with van der Waals surface area (Å²) in [5, 5.41) is 9.46. The van der Waals surface area contributed by atoms with Crippen molar-refractivity contribution in [2.75, 3.05) is 13.1 Å². The van der Waals surface area contributed by atoms with Gasteiger partial charge in [-0.15, -0.1) is 0 Å². The minimum atomic E-state index is -3.75. The lowest BCUT2D eigenvalue weighted by Gasteiger charge is -2.29. The van der Waals surface area contributed by atoms with Crippen LogP contribution < -0.4 is 0 Å². The van der Waals surface area contributed by atoms with Gasteiger partial charge in [0.1, 0.15) is 6.07 Å². The molecule has 0 unspecified atom stereocenters. The van der Waals surface area contributed by atoms with Crippen molar-refractivity contribution in [3.05, 3.63) is 21.8 Å². The van der Waals surface area contributed by atoms with E-state index in [0.717, 1.165) is 12.8 Å². The molecule has 1 aromatic heterocycles. The van der Waals surface area contributed by atoms with Crippen molar-refractivity contribution in [3.63, 3.8) is 0 Å². The first-order chi connectivity index (χ1) is 9.78. The van der Waals surface area contributed by atoms with Crippen molar-refractivity contribution in [3.8, 4) is 6.07 Å². The lowest BCUT2D eigenvalue weighted by molar-refractivity contribution is 0.287. The van der Waals surface area contributed by atoms with E-state index < -0.39 is 10.0 Å². The number of aromatic nitrogens is 1. The fourth-order valence-electron chi connectivity index (χ4n) is 2.46. The predicted octanol–water partition coefficient (Wildman–Crippen LogP) is 2.64. The number of piperidine rings is 1. The quantitative estimate of drug-likeness (QED) is 0.837. The maximum atomic E-state index is 12.8. The van der Waals surface area contributed by atoms with Crippen molar-refractivity contribution in [1.82, 2.24) is 9.29 Å². The van der Waals surface area contributed by atoms with Gasteiger partial charge >= 0.3 is 0 Å². The molecule has 1 saturated heterocycles. The van der Waals surface area contributed by atoms with Crippen LogP contribution in [0.1, 0.15) is 36.6 Å². The number of hydrogen-bond acceptors (Lipinski definition) is 4. The zero-order chi connectivity index (χ0) is 15.8. The van der Waals surface area contributed by atoms with Gasteiger partial charge < -0.3 is 0 Å². The molecule has 5 nitrogen and oxygen atoms in total. The van der Waals surface area contributed by atoms with Crippen molar-refractivity contribution in [1.29, 1.82) is 5.26 Å². The highest BCUT2D eigenvalue weighted by atomic mass is 35.5. The van der Waals surface area contributed by atoms with E-state index >= 15 is 0 Å². The molecule has 0 spiro atoms. The molecule has 0 N–H and O–H groups in total. The van der Waals surface area contributed by atoms with Gasteiger partial charge in [0.15, 0.2) is 5.03 Å². The molecule has 1 fully saturated rings. The van der Waals surface area contributed by atoms with Gasteiger partial charge in [0.05, 0.1) is 16.3 Å². The Balaban J connectivity index is 2.53. The number of halogens is 1. The molecule has 1 aromatic rings. The SMILES string of the molecule is Cc1nc(S(=O)(=O)N2CCC(C)CC2)c(C#N)c(C)c1Cl. The fourth-order valence-corrected chi connectivity index (χ4v) is 4.25. The Hall–Kier alpha value is -1.16. The summed E-state index contributed by atoms with van der Waals surface area (Å²) in [7, 11) is -3.75. The maximum Gasteiger partial charge on any atom is 0.261 e. The Morgan fingerprint density at radius 2 is 1.90 bits per heavy atom. The fraction of sp³-hybridized carbons (Fsp3) is 0.571. The van der Waals surface area contributed by atoms with Crippen LogP contribution in [-0.4, -0.2) is 30.8 Å². The lowest BCUT2D eigenvalue weighted by Crippen LogP contribution is -2.38. The van der Waals surface area contributed by atoms with Crippen molar-refractivity contribution in [2.45, 2.75) is 38.6 Å². The van der Waals surface area contributed by atoms with Crippen LogP contribution in [0.5, 0.6) is 0 Å². The molecule has 0 saturated carbocycles. The second-order valence-corrected chi connectivity index (χ2v) is 7.75. The van der Waals surface area contributed by atoms with Crippen LogP contribution in [0, 0.1) is 31.1 Å². The summed E-state index contributed by atoms with van der Waals surface area (Å²) in [6.07, 6.45) is 1.65. The third-order valence-electron chi connectivity index (χ3n) is 3.94. The summed E-state index contributed by atoms with van der Waals surface area (Å²) in [5.74, 6) is 0.522. The molecule has 0 atom stereocenters. The largest absolute Gasteiger partial charge is 0.261 e. The average Bonchev–Trinajstić information content (AvgIpc) is 2.45. The van der Waals surface area contributed by atoms with Gasteiger partial charge in [-0.1, -0.05) is 18.5 Å². The molecule has 21 heavy (non-hydrogen) atoms. The van der Waals surface area contributed by atoms with E-state index in [9.17, 15) is 13.7 Å². The van der Waals surface area contributed by atoms with Crippen LogP contribution in [0.3, 0.4) is 0 Å². The average molecular weight is 328 g/mol. The first-order valence-corrected chi connectivity index (χ1v) is 8.67. The summed E-state index contributed by atoms with van der Waals surface area (Å²) in [6, 6.07) is 1.93. The van der Waals surface area contributed by atoms with Gasteiger partial charge in [0, 0.05) is 13.1 Å². The van der Waals surface area contributed by atoms with Gasteiger partial charge in [0.2, 0.25) is 0 Å². The number of nitrogens with zero attached hydrogens (tertiary/aromatic N) is 3. The normalized spacial score (nSPS) is 17.7. The van der Waals surface area contributed by atoms with E-state index in [0.29, 0.717) is 35.3 Å². The highest BCUT2D eigenvalue weighted by Crippen LogP contribution is 2.29. The zero-order valence-electron chi connectivity index (χ0n) is 12.4. The monoisotopic (exact) mass is 327 g/mol. The molecule has 2 heterocycles. The first kappa shape index (κ1) is 16.2. The number of nitriles is 1. The lowest BCUT2D eigenvalue weighted by atomic mass is 10.0. The Labute approximate surface area is 130 Å². The minimum absolute atomic E-state index is 0.0456. The zero-order valence-corrected chi connectivity index (χ0v) is 13.9. The highest BCUT2D eigenvalue weighted by Gasteiger charge is 2.32. The summed E-state index contributed by atoms with van der Waals surface area (Å²) in [6.45, 7) is 6.34. The number of sulfonamides is 1. The molecule has 0 amide bonds. The minimum Gasteiger partial charge on any atom is -0.237 e. The van der Waals surface area contributed by atoms with Crippen LogP contribution in [0.15, 0.2) is 5.03 Å².